The highest BCUT2D eigenvalue weighted by molar-refractivity contribution is 5.50. The van der Waals surface area contributed by atoms with E-state index in [9.17, 15) is 4.79 Å². The molecule has 0 bridgehead atoms. The SMILES string of the molecule is CCOC1CN(C)C[C@@H](CC=O)[C@@H]1c1ccc(OC)cc1. The molecule has 1 heterocycles. The number of hydrogen-bond acceptors (Lipinski definition) is 4. The normalized spacial score (nSPS) is 26.5. The van der Waals surface area contributed by atoms with Crippen LogP contribution in [0, 0.1) is 5.92 Å². The van der Waals surface area contributed by atoms with E-state index in [0.29, 0.717) is 18.9 Å². The van der Waals surface area contributed by atoms with Gasteiger partial charge in [0.05, 0.1) is 13.2 Å². The number of likely N-dealkylation sites (tertiary alicyclic amines) is 1. The van der Waals surface area contributed by atoms with Crippen LogP contribution in [0.1, 0.15) is 24.8 Å². The van der Waals surface area contributed by atoms with E-state index in [0.717, 1.165) is 25.1 Å². The van der Waals surface area contributed by atoms with Crippen LogP contribution in [-0.2, 0) is 9.53 Å². The van der Waals surface area contributed by atoms with Gasteiger partial charge in [-0.1, -0.05) is 12.1 Å². The predicted octanol–water partition coefficient (Wildman–Crippen LogP) is 2.33. The molecule has 0 aliphatic carbocycles. The van der Waals surface area contributed by atoms with Crippen molar-refractivity contribution < 1.29 is 14.3 Å². The number of benzene rings is 1. The van der Waals surface area contributed by atoms with E-state index in [1.165, 1.54) is 5.56 Å². The number of piperidine rings is 1. The van der Waals surface area contributed by atoms with Gasteiger partial charge in [0.25, 0.3) is 0 Å². The third-order valence-electron chi connectivity index (χ3n) is 4.23. The Kier molecular flexibility index (Phi) is 5.76. The number of methoxy groups -OCH3 is 1. The molecular weight excluding hydrogens is 266 g/mol. The zero-order valence-electron chi connectivity index (χ0n) is 13.1. The molecule has 1 aromatic carbocycles. The van der Waals surface area contributed by atoms with Crippen molar-refractivity contribution >= 4 is 6.29 Å². The first-order valence-electron chi connectivity index (χ1n) is 7.57. The fraction of sp³-hybridized carbons (Fsp3) is 0.588. The van der Waals surface area contributed by atoms with Gasteiger partial charge in [0, 0.05) is 32.0 Å². The number of carbonyl (C=O) groups excluding carboxylic acids is 1. The van der Waals surface area contributed by atoms with E-state index in [-0.39, 0.29) is 12.0 Å². The molecule has 0 amide bonds. The van der Waals surface area contributed by atoms with Crippen LogP contribution in [0.25, 0.3) is 0 Å². The van der Waals surface area contributed by atoms with Crippen LogP contribution in [0.3, 0.4) is 0 Å². The van der Waals surface area contributed by atoms with Gasteiger partial charge in [-0.25, -0.2) is 0 Å². The molecule has 0 aromatic heterocycles. The van der Waals surface area contributed by atoms with Gasteiger partial charge in [0.2, 0.25) is 0 Å². The van der Waals surface area contributed by atoms with Gasteiger partial charge in [-0.3, -0.25) is 0 Å². The van der Waals surface area contributed by atoms with Gasteiger partial charge in [-0.15, -0.1) is 0 Å². The lowest BCUT2D eigenvalue weighted by atomic mass is 9.77. The fourth-order valence-electron chi connectivity index (χ4n) is 3.34. The summed E-state index contributed by atoms with van der Waals surface area (Å²) in [6, 6.07) is 8.15. The highest BCUT2D eigenvalue weighted by atomic mass is 16.5. The van der Waals surface area contributed by atoms with Crippen molar-refractivity contribution in [1.29, 1.82) is 0 Å². The Balaban J connectivity index is 2.28. The average Bonchev–Trinajstić information content (AvgIpc) is 2.48. The summed E-state index contributed by atoms with van der Waals surface area (Å²) in [5.74, 6) is 1.41. The molecule has 1 saturated heterocycles. The second-order valence-electron chi connectivity index (χ2n) is 5.68. The van der Waals surface area contributed by atoms with Crippen LogP contribution in [0.2, 0.25) is 0 Å². The second kappa shape index (κ2) is 7.57. The van der Waals surface area contributed by atoms with E-state index >= 15 is 0 Å². The highest BCUT2D eigenvalue weighted by Crippen LogP contribution is 2.36. The number of ether oxygens (including phenoxy) is 2. The van der Waals surface area contributed by atoms with Crippen molar-refractivity contribution in [3.63, 3.8) is 0 Å². The highest BCUT2D eigenvalue weighted by Gasteiger charge is 2.36. The molecule has 0 radical (unpaired) electrons. The Morgan fingerprint density at radius 2 is 2.00 bits per heavy atom. The summed E-state index contributed by atoms with van der Waals surface area (Å²) in [6.07, 6.45) is 1.74. The Labute approximate surface area is 127 Å². The minimum Gasteiger partial charge on any atom is -0.497 e. The van der Waals surface area contributed by atoms with Crippen LogP contribution in [0.4, 0.5) is 0 Å². The van der Waals surface area contributed by atoms with Crippen LogP contribution in [0.15, 0.2) is 24.3 Å². The molecule has 1 fully saturated rings. The van der Waals surface area contributed by atoms with E-state index in [1.54, 1.807) is 7.11 Å². The zero-order valence-corrected chi connectivity index (χ0v) is 13.1. The molecule has 0 saturated carbocycles. The van der Waals surface area contributed by atoms with Crippen LogP contribution in [0.5, 0.6) is 5.75 Å². The maximum atomic E-state index is 11.0. The number of aldehydes is 1. The van der Waals surface area contributed by atoms with Gasteiger partial charge < -0.3 is 19.2 Å². The molecule has 21 heavy (non-hydrogen) atoms. The Hall–Kier alpha value is -1.39. The lowest BCUT2D eigenvalue weighted by Crippen LogP contribution is -2.47. The smallest absolute Gasteiger partial charge is 0.120 e. The van der Waals surface area contributed by atoms with E-state index < -0.39 is 0 Å². The molecule has 2 rings (SSSR count). The van der Waals surface area contributed by atoms with Crippen LogP contribution >= 0.6 is 0 Å². The van der Waals surface area contributed by atoms with Crippen LogP contribution in [-0.4, -0.2) is 51.1 Å². The number of hydrogen-bond donors (Lipinski definition) is 0. The molecule has 1 unspecified atom stereocenters. The first kappa shape index (κ1) is 16.0. The van der Waals surface area contributed by atoms with E-state index in [2.05, 4.69) is 24.1 Å². The minimum atomic E-state index is 0.132. The molecule has 0 N–H and O–H groups in total. The van der Waals surface area contributed by atoms with Crippen LogP contribution < -0.4 is 4.74 Å². The van der Waals surface area contributed by atoms with Crippen molar-refractivity contribution in [2.75, 3.05) is 33.9 Å². The molecule has 4 nitrogen and oxygen atoms in total. The monoisotopic (exact) mass is 291 g/mol. The van der Waals surface area contributed by atoms with Gasteiger partial charge in [-0.2, -0.15) is 0 Å². The quantitative estimate of drug-likeness (QED) is 0.754. The van der Waals surface area contributed by atoms with Crippen molar-refractivity contribution in [2.24, 2.45) is 5.92 Å². The maximum absolute atomic E-state index is 11.0. The predicted molar refractivity (Wildman–Crippen MR) is 82.8 cm³/mol. The molecule has 1 aliphatic rings. The molecule has 116 valence electrons. The third-order valence-corrected chi connectivity index (χ3v) is 4.23. The summed E-state index contributed by atoms with van der Waals surface area (Å²) in [7, 11) is 3.76. The topological polar surface area (TPSA) is 38.8 Å². The number of likely N-dealkylation sites (N-methyl/N-ethyl adjacent to an activating group) is 1. The number of carbonyl (C=O) groups is 1. The van der Waals surface area contributed by atoms with Gasteiger partial charge >= 0.3 is 0 Å². The summed E-state index contributed by atoms with van der Waals surface area (Å²) in [6.45, 7) is 4.55. The Bertz CT molecular complexity index is 446. The Morgan fingerprint density at radius 1 is 1.29 bits per heavy atom. The lowest BCUT2D eigenvalue weighted by molar-refractivity contribution is -0.110. The molecule has 1 aromatic rings. The minimum absolute atomic E-state index is 0.132. The standard InChI is InChI=1S/C17H25NO3/c1-4-21-16-12-18(2)11-14(9-10-19)17(16)13-5-7-15(20-3)8-6-13/h5-8,10,14,16-17H,4,9,11-12H2,1-3H3/t14-,16?,17+/m1/s1. The lowest BCUT2D eigenvalue weighted by Gasteiger charge is -2.42. The van der Waals surface area contributed by atoms with Gasteiger partial charge in [0.1, 0.15) is 12.0 Å². The molecular formula is C17H25NO3. The summed E-state index contributed by atoms with van der Waals surface area (Å²) in [4.78, 5) is 13.3. The first-order valence-corrected chi connectivity index (χ1v) is 7.57. The van der Waals surface area contributed by atoms with Gasteiger partial charge in [0.15, 0.2) is 0 Å². The average molecular weight is 291 g/mol. The van der Waals surface area contributed by atoms with Crippen molar-refractivity contribution in [2.45, 2.75) is 25.4 Å². The van der Waals surface area contributed by atoms with Crippen molar-refractivity contribution in [1.82, 2.24) is 4.90 Å². The van der Waals surface area contributed by atoms with Crippen molar-refractivity contribution in [3.8, 4) is 5.75 Å². The Morgan fingerprint density at radius 3 is 2.57 bits per heavy atom. The summed E-state index contributed by atoms with van der Waals surface area (Å²) >= 11 is 0. The summed E-state index contributed by atoms with van der Waals surface area (Å²) < 4.78 is 11.2. The third kappa shape index (κ3) is 3.83. The maximum Gasteiger partial charge on any atom is 0.120 e. The second-order valence-corrected chi connectivity index (χ2v) is 5.68. The largest absolute Gasteiger partial charge is 0.497 e. The summed E-state index contributed by atoms with van der Waals surface area (Å²) in [5.41, 5.74) is 1.23. The van der Waals surface area contributed by atoms with Crippen molar-refractivity contribution in [3.05, 3.63) is 29.8 Å². The first-order chi connectivity index (χ1) is 10.2. The molecule has 4 heteroatoms. The number of nitrogens with zero attached hydrogens (tertiary/aromatic N) is 1. The zero-order chi connectivity index (χ0) is 15.2. The van der Waals surface area contributed by atoms with E-state index in [1.807, 2.05) is 19.1 Å². The molecule has 1 aliphatic heterocycles. The van der Waals surface area contributed by atoms with E-state index in [4.69, 9.17) is 9.47 Å². The fourth-order valence-corrected chi connectivity index (χ4v) is 3.34. The molecule has 0 spiro atoms. The van der Waals surface area contributed by atoms with Gasteiger partial charge in [-0.05, 0) is 37.6 Å². The molecule has 3 atom stereocenters. The summed E-state index contributed by atoms with van der Waals surface area (Å²) in [5, 5.41) is 0. The number of rotatable bonds is 6.